The zero-order valence-corrected chi connectivity index (χ0v) is 27.4. The Kier molecular flexibility index (Phi) is 10.9. The van der Waals surface area contributed by atoms with Crippen LogP contribution in [0.2, 0.25) is 0 Å². The lowest BCUT2D eigenvalue weighted by atomic mass is 9.95. The Hall–Kier alpha value is -4.58. The molecule has 9 nitrogen and oxygen atoms in total. The average molecular weight is 652 g/mol. The number of carboxylic acids is 1. The molecule has 0 aliphatic rings. The van der Waals surface area contributed by atoms with Gasteiger partial charge in [0, 0.05) is 42.2 Å². The summed E-state index contributed by atoms with van der Waals surface area (Å²) < 4.78 is 42.9. The second kappa shape index (κ2) is 14.5. The van der Waals surface area contributed by atoms with E-state index in [1.54, 1.807) is 43.5 Å². The minimum absolute atomic E-state index is 0.00323. The van der Waals surface area contributed by atoms with Crippen LogP contribution in [0.3, 0.4) is 0 Å². The maximum absolute atomic E-state index is 14.1. The maximum Gasteiger partial charge on any atom is 0.416 e. The van der Waals surface area contributed by atoms with Gasteiger partial charge in [-0.05, 0) is 80.9 Å². The van der Waals surface area contributed by atoms with Gasteiger partial charge in [-0.15, -0.1) is 0 Å². The van der Waals surface area contributed by atoms with Crippen molar-refractivity contribution in [1.82, 2.24) is 24.8 Å². The number of carbonyl (C=O) groups excluding carboxylic acids is 1. The van der Waals surface area contributed by atoms with Crippen LogP contribution < -0.4 is 10.9 Å². The second-order valence-electron chi connectivity index (χ2n) is 12.6. The monoisotopic (exact) mass is 651 g/mol. The number of carboxylic acid groups (broad SMARTS) is 1. The molecular formula is C35H40F3N5O4. The normalized spacial score (nSPS) is 13.3. The van der Waals surface area contributed by atoms with E-state index < -0.39 is 47.7 Å². The number of benzene rings is 1. The molecule has 4 rings (SSSR count). The van der Waals surface area contributed by atoms with Crippen molar-refractivity contribution in [3.05, 3.63) is 93.3 Å². The van der Waals surface area contributed by atoms with Gasteiger partial charge in [-0.1, -0.05) is 32.0 Å². The van der Waals surface area contributed by atoms with Gasteiger partial charge in [0.15, 0.2) is 0 Å². The highest BCUT2D eigenvalue weighted by Crippen LogP contribution is 2.35. The molecule has 3 aromatic heterocycles. The van der Waals surface area contributed by atoms with Gasteiger partial charge in [-0.25, -0.2) is 4.98 Å². The molecule has 0 aliphatic heterocycles. The minimum Gasteiger partial charge on any atom is -0.481 e. The Labute approximate surface area is 271 Å². The SMILES string of the molecule is Cc1cccc(C)c1-c1nc([C@H](CC(=O)O)NC(=O)[C@@H](CC(C)C)n2cc(CCN(C)C)c(C(F)(F)F)cc2=O)cc2ccncc12. The number of amides is 1. The van der Waals surface area contributed by atoms with E-state index >= 15 is 0 Å². The van der Waals surface area contributed by atoms with Crippen LogP contribution in [0.4, 0.5) is 13.2 Å². The number of aryl methyl sites for hydroxylation is 2. The highest BCUT2D eigenvalue weighted by molar-refractivity contribution is 5.96. The van der Waals surface area contributed by atoms with Crippen LogP contribution in [0.25, 0.3) is 22.0 Å². The summed E-state index contributed by atoms with van der Waals surface area (Å²) in [5.41, 5.74) is 1.48. The Bertz CT molecular complexity index is 1810. The number of aromatic nitrogens is 3. The van der Waals surface area contributed by atoms with E-state index in [1.165, 1.54) is 0 Å². The fourth-order valence-electron chi connectivity index (χ4n) is 5.77. The number of carbonyl (C=O) groups is 2. The Morgan fingerprint density at radius 2 is 1.77 bits per heavy atom. The van der Waals surface area contributed by atoms with E-state index in [0.29, 0.717) is 11.8 Å². The molecule has 0 bridgehead atoms. The van der Waals surface area contributed by atoms with Gasteiger partial charge in [-0.2, -0.15) is 13.2 Å². The summed E-state index contributed by atoms with van der Waals surface area (Å²) in [4.78, 5) is 50.2. The summed E-state index contributed by atoms with van der Waals surface area (Å²) in [7, 11) is 3.45. The third kappa shape index (κ3) is 8.42. The number of rotatable bonds is 12. The topological polar surface area (TPSA) is 117 Å². The predicted molar refractivity (Wildman–Crippen MR) is 174 cm³/mol. The summed E-state index contributed by atoms with van der Waals surface area (Å²) in [5, 5.41) is 14.2. The third-order valence-electron chi connectivity index (χ3n) is 8.05. The van der Waals surface area contributed by atoms with Crippen molar-refractivity contribution in [2.45, 2.75) is 65.2 Å². The molecule has 0 aliphatic carbocycles. The highest BCUT2D eigenvalue weighted by atomic mass is 19.4. The first-order chi connectivity index (χ1) is 22.1. The first-order valence-corrected chi connectivity index (χ1v) is 15.4. The molecule has 0 spiro atoms. The number of halogens is 3. The first-order valence-electron chi connectivity index (χ1n) is 15.4. The van der Waals surface area contributed by atoms with E-state index in [4.69, 9.17) is 4.98 Å². The average Bonchev–Trinajstić information content (AvgIpc) is 2.97. The molecule has 1 amide bonds. The van der Waals surface area contributed by atoms with Gasteiger partial charge in [0.2, 0.25) is 5.91 Å². The van der Waals surface area contributed by atoms with Gasteiger partial charge < -0.3 is 19.9 Å². The molecule has 0 fully saturated rings. The Morgan fingerprint density at radius 1 is 1.09 bits per heavy atom. The number of likely N-dealkylation sites (N-methyl/N-ethyl adjacent to an activating group) is 1. The number of hydrogen-bond donors (Lipinski definition) is 2. The fraction of sp³-hybridized carbons (Fsp3) is 0.400. The van der Waals surface area contributed by atoms with Crippen molar-refractivity contribution in [3.63, 3.8) is 0 Å². The molecule has 2 N–H and O–H groups in total. The van der Waals surface area contributed by atoms with Gasteiger partial charge in [0.1, 0.15) is 6.04 Å². The minimum atomic E-state index is -4.76. The van der Waals surface area contributed by atoms with Crippen LogP contribution in [0.1, 0.15) is 66.7 Å². The summed E-state index contributed by atoms with van der Waals surface area (Å²) >= 11 is 0. The Morgan fingerprint density at radius 3 is 2.36 bits per heavy atom. The summed E-state index contributed by atoms with van der Waals surface area (Å²) in [6.07, 6.45) is -0.756. The number of nitrogens with one attached hydrogen (secondary N) is 1. The molecule has 2 atom stereocenters. The summed E-state index contributed by atoms with van der Waals surface area (Å²) in [6.45, 7) is 7.83. The van der Waals surface area contributed by atoms with Crippen molar-refractivity contribution in [3.8, 4) is 11.3 Å². The molecule has 0 radical (unpaired) electrons. The molecule has 4 aromatic rings. The molecule has 3 heterocycles. The van der Waals surface area contributed by atoms with Gasteiger partial charge in [-0.3, -0.25) is 19.4 Å². The predicted octanol–water partition coefficient (Wildman–Crippen LogP) is 6.12. The van der Waals surface area contributed by atoms with Crippen LogP contribution in [0.5, 0.6) is 0 Å². The Balaban J connectivity index is 1.83. The van der Waals surface area contributed by atoms with Crippen LogP contribution >= 0.6 is 0 Å². The fourth-order valence-corrected chi connectivity index (χ4v) is 5.77. The first kappa shape index (κ1) is 35.3. The second-order valence-corrected chi connectivity index (χ2v) is 12.6. The quantitative estimate of drug-likeness (QED) is 0.190. The molecule has 47 heavy (non-hydrogen) atoms. The van der Waals surface area contributed by atoms with E-state index in [9.17, 15) is 32.7 Å². The number of aliphatic carboxylic acids is 1. The highest BCUT2D eigenvalue weighted by Gasteiger charge is 2.36. The molecule has 12 heteroatoms. The van der Waals surface area contributed by atoms with Crippen LogP contribution in [-0.2, 0) is 22.2 Å². The smallest absolute Gasteiger partial charge is 0.416 e. The standard InChI is InChI=1S/C35H40F3N5O4/c1-20(2)14-29(43-19-24(11-13-42(5)6)26(16-30(43)44)35(36,37)38)34(47)41-28(17-31(45)46)27-15-23-10-12-39-18-25(23)33(40-27)32-21(3)8-7-9-22(32)4/h7-10,12,15-16,18-20,28-29H,11,13-14,17H2,1-6H3,(H,41,47)(H,45,46)/t28-,29+/m0/s1. The molecule has 0 unspecified atom stereocenters. The third-order valence-corrected chi connectivity index (χ3v) is 8.05. The van der Waals surface area contributed by atoms with Crippen molar-refractivity contribution < 1.29 is 27.9 Å². The lowest BCUT2D eigenvalue weighted by molar-refractivity contribution is -0.139. The van der Waals surface area contributed by atoms with E-state index in [0.717, 1.165) is 38.2 Å². The molecule has 1 aromatic carbocycles. The lowest BCUT2D eigenvalue weighted by Gasteiger charge is -2.26. The lowest BCUT2D eigenvalue weighted by Crippen LogP contribution is -2.41. The number of hydrogen-bond acceptors (Lipinski definition) is 6. The molecule has 0 saturated heterocycles. The molecule has 0 saturated carbocycles. The summed E-state index contributed by atoms with van der Waals surface area (Å²) in [6, 6.07) is 7.50. The number of nitrogens with zero attached hydrogens (tertiary/aromatic N) is 4. The van der Waals surface area contributed by atoms with Crippen molar-refractivity contribution in [2.75, 3.05) is 20.6 Å². The zero-order chi connectivity index (χ0) is 34.6. The van der Waals surface area contributed by atoms with Crippen LogP contribution in [0.15, 0.2) is 59.8 Å². The van der Waals surface area contributed by atoms with E-state index in [-0.39, 0.29) is 36.6 Å². The number of alkyl halides is 3. The van der Waals surface area contributed by atoms with Crippen LogP contribution in [0, 0.1) is 19.8 Å². The van der Waals surface area contributed by atoms with E-state index in [2.05, 4.69) is 10.3 Å². The van der Waals surface area contributed by atoms with Crippen molar-refractivity contribution >= 4 is 22.6 Å². The summed E-state index contributed by atoms with van der Waals surface area (Å²) in [5.74, 6) is -2.03. The van der Waals surface area contributed by atoms with Gasteiger partial charge in [0.05, 0.1) is 29.4 Å². The van der Waals surface area contributed by atoms with Crippen LogP contribution in [-0.4, -0.2) is 57.1 Å². The largest absolute Gasteiger partial charge is 0.481 e. The van der Waals surface area contributed by atoms with Gasteiger partial charge >= 0.3 is 12.1 Å². The van der Waals surface area contributed by atoms with Crippen molar-refractivity contribution in [1.29, 1.82) is 0 Å². The molecule has 250 valence electrons. The number of fused-ring (bicyclic) bond motifs is 1. The van der Waals surface area contributed by atoms with Gasteiger partial charge in [0.25, 0.3) is 5.56 Å². The zero-order valence-electron chi connectivity index (χ0n) is 27.4. The molecular weight excluding hydrogens is 611 g/mol. The number of pyridine rings is 3. The maximum atomic E-state index is 14.1. The van der Waals surface area contributed by atoms with Crippen molar-refractivity contribution in [2.24, 2.45) is 5.92 Å². The van der Waals surface area contributed by atoms with E-state index in [1.807, 2.05) is 45.9 Å².